The minimum Gasteiger partial charge on any atom is -0.381 e. The van der Waals surface area contributed by atoms with E-state index in [0.717, 1.165) is 39.0 Å². The number of halogens is 1. The number of nitrogens with zero attached hydrogens (tertiary/aromatic N) is 1. The number of amides is 1. The molecule has 2 saturated heterocycles. The molecule has 0 spiro atoms. The standard InChI is InChI=1S/C10H16BrNO2/c1-10(3-6-14-7-4-10)12-5-2-8(11)9(12)13/h8H,2-7H2,1H3. The average molecular weight is 262 g/mol. The van der Waals surface area contributed by atoms with E-state index in [1.54, 1.807) is 0 Å². The summed E-state index contributed by atoms with van der Waals surface area (Å²) < 4.78 is 5.34. The molecule has 2 fully saturated rings. The van der Waals surface area contributed by atoms with Crippen LogP contribution in [0.4, 0.5) is 0 Å². The van der Waals surface area contributed by atoms with Crippen molar-refractivity contribution in [1.82, 2.24) is 4.90 Å². The smallest absolute Gasteiger partial charge is 0.236 e. The van der Waals surface area contributed by atoms with Crippen molar-refractivity contribution in [2.75, 3.05) is 19.8 Å². The molecule has 2 heterocycles. The largest absolute Gasteiger partial charge is 0.381 e. The lowest BCUT2D eigenvalue weighted by atomic mass is 9.90. The van der Waals surface area contributed by atoms with Gasteiger partial charge in [0, 0.05) is 25.3 Å². The van der Waals surface area contributed by atoms with E-state index in [9.17, 15) is 4.79 Å². The van der Waals surface area contributed by atoms with Gasteiger partial charge in [-0.3, -0.25) is 4.79 Å². The first-order valence-corrected chi connectivity index (χ1v) is 6.08. The van der Waals surface area contributed by atoms with Crippen LogP contribution < -0.4 is 0 Å². The molecule has 4 heteroatoms. The van der Waals surface area contributed by atoms with Gasteiger partial charge in [-0.25, -0.2) is 0 Å². The summed E-state index contributed by atoms with van der Waals surface area (Å²) in [5.74, 6) is 0.259. The van der Waals surface area contributed by atoms with E-state index in [1.165, 1.54) is 0 Å². The van der Waals surface area contributed by atoms with E-state index in [-0.39, 0.29) is 16.3 Å². The Morgan fingerprint density at radius 3 is 2.64 bits per heavy atom. The molecule has 14 heavy (non-hydrogen) atoms. The van der Waals surface area contributed by atoms with Crippen LogP contribution >= 0.6 is 15.9 Å². The molecule has 0 saturated carbocycles. The van der Waals surface area contributed by atoms with Gasteiger partial charge in [-0.1, -0.05) is 15.9 Å². The summed E-state index contributed by atoms with van der Waals surface area (Å²) in [5, 5.41) is 0. The van der Waals surface area contributed by atoms with E-state index in [4.69, 9.17) is 4.74 Å². The third kappa shape index (κ3) is 1.70. The molecule has 2 aliphatic heterocycles. The molecular formula is C10H16BrNO2. The Hall–Kier alpha value is -0.0900. The van der Waals surface area contributed by atoms with Gasteiger partial charge in [0.2, 0.25) is 5.91 Å². The van der Waals surface area contributed by atoms with E-state index < -0.39 is 0 Å². The number of likely N-dealkylation sites (tertiary alicyclic amines) is 1. The SMILES string of the molecule is CC1(N2CCC(Br)C2=O)CCOCC1. The number of carbonyl (C=O) groups excluding carboxylic acids is 1. The second-order valence-corrected chi connectivity index (χ2v) is 5.46. The summed E-state index contributed by atoms with van der Waals surface area (Å²) in [7, 11) is 0. The van der Waals surface area contributed by atoms with Crippen molar-refractivity contribution in [2.45, 2.75) is 36.6 Å². The van der Waals surface area contributed by atoms with Gasteiger partial charge in [-0.05, 0) is 26.2 Å². The van der Waals surface area contributed by atoms with Gasteiger partial charge in [-0.2, -0.15) is 0 Å². The maximum absolute atomic E-state index is 11.8. The number of ether oxygens (including phenoxy) is 1. The van der Waals surface area contributed by atoms with Crippen LogP contribution in [0.15, 0.2) is 0 Å². The Kier molecular flexibility index (Phi) is 2.84. The third-order valence-corrected chi connectivity index (χ3v) is 4.21. The van der Waals surface area contributed by atoms with Crippen molar-refractivity contribution in [3.05, 3.63) is 0 Å². The lowest BCUT2D eigenvalue weighted by Gasteiger charge is -2.41. The molecule has 80 valence electrons. The van der Waals surface area contributed by atoms with Crippen LogP contribution in [0.25, 0.3) is 0 Å². The fraction of sp³-hybridized carbons (Fsp3) is 0.900. The van der Waals surface area contributed by atoms with Crippen molar-refractivity contribution >= 4 is 21.8 Å². The first-order chi connectivity index (χ1) is 6.63. The number of rotatable bonds is 1. The van der Waals surface area contributed by atoms with Crippen LogP contribution in [-0.2, 0) is 9.53 Å². The molecule has 0 aromatic heterocycles. The molecule has 1 amide bonds. The fourth-order valence-corrected chi connectivity index (χ4v) is 2.71. The topological polar surface area (TPSA) is 29.5 Å². The predicted octanol–water partition coefficient (Wildman–Crippen LogP) is 1.55. The van der Waals surface area contributed by atoms with Gasteiger partial charge in [-0.15, -0.1) is 0 Å². The third-order valence-electron chi connectivity index (χ3n) is 3.36. The quantitative estimate of drug-likeness (QED) is 0.671. The van der Waals surface area contributed by atoms with Gasteiger partial charge in [0.1, 0.15) is 0 Å². The number of hydrogen-bond donors (Lipinski definition) is 0. The molecule has 0 aromatic carbocycles. The van der Waals surface area contributed by atoms with Crippen molar-refractivity contribution in [3.8, 4) is 0 Å². The minimum absolute atomic E-state index is 0.0395. The maximum atomic E-state index is 11.8. The lowest BCUT2D eigenvalue weighted by molar-refractivity contribution is -0.135. The van der Waals surface area contributed by atoms with E-state index in [1.807, 2.05) is 4.90 Å². The first-order valence-electron chi connectivity index (χ1n) is 5.17. The van der Waals surface area contributed by atoms with Gasteiger partial charge >= 0.3 is 0 Å². The number of alkyl halides is 1. The van der Waals surface area contributed by atoms with E-state index in [2.05, 4.69) is 22.9 Å². The fourth-order valence-electron chi connectivity index (χ4n) is 2.26. The first kappa shape index (κ1) is 10.4. The summed E-state index contributed by atoms with van der Waals surface area (Å²) >= 11 is 3.41. The van der Waals surface area contributed by atoms with Gasteiger partial charge in [0.15, 0.2) is 0 Å². The Morgan fingerprint density at radius 1 is 1.50 bits per heavy atom. The van der Waals surface area contributed by atoms with Gasteiger partial charge in [0.25, 0.3) is 0 Å². The lowest BCUT2D eigenvalue weighted by Crippen LogP contribution is -2.51. The summed E-state index contributed by atoms with van der Waals surface area (Å²) in [6, 6.07) is 0. The Balaban J connectivity index is 2.09. The molecule has 2 rings (SSSR count). The number of hydrogen-bond acceptors (Lipinski definition) is 2. The highest BCUT2D eigenvalue weighted by Gasteiger charge is 2.42. The van der Waals surface area contributed by atoms with Gasteiger partial charge in [0.05, 0.1) is 4.83 Å². The zero-order chi connectivity index (χ0) is 10.2. The summed E-state index contributed by atoms with van der Waals surface area (Å²) in [6.45, 7) is 4.64. The van der Waals surface area contributed by atoms with Crippen LogP contribution in [0, 0.1) is 0 Å². The highest BCUT2D eigenvalue weighted by Crippen LogP contribution is 2.33. The zero-order valence-electron chi connectivity index (χ0n) is 8.46. The van der Waals surface area contributed by atoms with Crippen LogP contribution in [-0.4, -0.2) is 40.9 Å². The van der Waals surface area contributed by atoms with Crippen LogP contribution in [0.1, 0.15) is 26.2 Å². The highest BCUT2D eigenvalue weighted by molar-refractivity contribution is 9.10. The molecule has 1 unspecified atom stereocenters. The van der Waals surface area contributed by atoms with E-state index in [0.29, 0.717) is 0 Å². The van der Waals surface area contributed by atoms with Crippen molar-refractivity contribution in [2.24, 2.45) is 0 Å². The molecule has 0 aromatic rings. The summed E-state index contributed by atoms with van der Waals surface area (Å²) in [5.41, 5.74) is 0.0395. The molecule has 3 nitrogen and oxygen atoms in total. The zero-order valence-corrected chi connectivity index (χ0v) is 10.0. The van der Waals surface area contributed by atoms with Crippen molar-refractivity contribution in [1.29, 1.82) is 0 Å². The highest BCUT2D eigenvalue weighted by atomic mass is 79.9. The van der Waals surface area contributed by atoms with E-state index >= 15 is 0 Å². The van der Waals surface area contributed by atoms with Gasteiger partial charge < -0.3 is 9.64 Å². The monoisotopic (exact) mass is 261 g/mol. The average Bonchev–Trinajstić information content (AvgIpc) is 2.49. The van der Waals surface area contributed by atoms with Crippen LogP contribution in [0.5, 0.6) is 0 Å². The maximum Gasteiger partial charge on any atom is 0.236 e. The predicted molar refractivity (Wildman–Crippen MR) is 57.5 cm³/mol. The second-order valence-electron chi connectivity index (χ2n) is 4.36. The molecule has 0 bridgehead atoms. The Morgan fingerprint density at radius 2 is 2.14 bits per heavy atom. The van der Waals surface area contributed by atoms with Crippen molar-refractivity contribution < 1.29 is 9.53 Å². The van der Waals surface area contributed by atoms with Crippen molar-refractivity contribution in [3.63, 3.8) is 0 Å². The number of carbonyl (C=O) groups is 1. The molecular weight excluding hydrogens is 246 g/mol. The molecule has 1 atom stereocenters. The Labute approximate surface area is 92.9 Å². The molecule has 0 radical (unpaired) electrons. The summed E-state index contributed by atoms with van der Waals surface area (Å²) in [6.07, 6.45) is 2.88. The molecule has 0 N–H and O–H groups in total. The van der Waals surface area contributed by atoms with Crippen LogP contribution in [0.2, 0.25) is 0 Å². The minimum atomic E-state index is 0.0395. The second kappa shape index (κ2) is 3.81. The molecule has 2 aliphatic rings. The van der Waals surface area contributed by atoms with Crippen LogP contribution in [0.3, 0.4) is 0 Å². The summed E-state index contributed by atoms with van der Waals surface area (Å²) in [4.78, 5) is 13.9. The normalized spacial score (nSPS) is 32.3. The molecule has 0 aliphatic carbocycles. The Bertz CT molecular complexity index is 238.